The van der Waals surface area contributed by atoms with Gasteiger partial charge in [-0.2, -0.15) is 0 Å². The maximum Gasteiger partial charge on any atom is 0.254 e. The number of benzene rings is 2. The molecule has 0 saturated heterocycles. The third-order valence-electron chi connectivity index (χ3n) is 7.59. The van der Waals surface area contributed by atoms with Crippen molar-refractivity contribution >= 4 is 23.2 Å². The third kappa shape index (κ3) is 5.27. The minimum Gasteiger partial charge on any atom is -0.330 e. The van der Waals surface area contributed by atoms with Crippen LogP contribution in [0.4, 0.5) is 0 Å². The van der Waals surface area contributed by atoms with Gasteiger partial charge in [0.05, 0.1) is 6.04 Å². The molecule has 0 N–H and O–H groups in total. The number of aryl methyl sites for hydroxylation is 2. The number of carbonyl (C=O) groups excluding carboxylic acids is 2. The Kier molecular flexibility index (Phi) is 7.56. The normalized spacial score (nSPS) is 17.1. The van der Waals surface area contributed by atoms with E-state index in [0.29, 0.717) is 12.1 Å². The number of amides is 2. The largest absolute Gasteiger partial charge is 0.330 e. The van der Waals surface area contributed by atoms with E-state index in [-0.39, 0.29) is 30.4 Å². The lowest BCUT2D eigenvalue weighted by molar-refractivity contribution is -0.134. The van der Waals surface area contributed by atoms with Gasteiger partial charge < -0.3 is 9.80 Å². The number of nitrogens with zero attached hydrogens (tertiary/aromatic N) is 2. The number of hydrogen-bond donors (Lipinski definition) is 0. The summed E-state index contributed by atoms with van der Waals surface area (Å²) in [4.78, 5) is 32.6. The number of rotatable bonds is 9. The highest BCUT2D eigenvalue weighted by Gasteiger charge is 2.38. The van der Waals surface area contributed by atoms with Crippen LogP contribution in [0, 0.1) is 6.92 Å². The average molecular weight is 501 g/mol. The van der Waals surface area contributed by atoms with Crippen LogP contribution in [0.2, 0.25) is 0 Å². The molecule has 2 aliphatic rings. The van der Waals surface area contributed by atoms with Gasteiger partial charge in [0.25, 0.3) is 5.91 Å². The van der Waals surface area contributed by atoms with Crippen molar-refractivity contribution in [2.75, 3.05) is 13.1 Å². The van der Waals surface area contributed by atoms with Crippen LogP contribution in [0.3, 0.4) is 0 Å². The van der Waals surface area contributed by atoms with Crippen molar-refractivity contribution in [1.29, 1.82) is 0 Å². The maximum absolute atomic E-state index is 13.8. The Morgan fingerprint density at radius 2 is 1.78 bits per heavy atom. The van der Waals surface area contributed by atoms with Crippen molar-refractivity contribution in [3.05, 3.63) is 92.7 Å². The third-order valence-corrected chi connectivity index (χ3v) is 8.59. The van der Waals surface area contributed by atoms with E-state index in [2.05, 4.69) is 55.6 Å². The monoisotopic (exact) mass is 500 g/mol. The van der Waals surface area contributed by atoms with E-state index >= 15 is 0 Å². The fourth-order valence-electron chi connectivity index (χ4n) is 5.36. The summed E-state index contributed by atoms with van der Waals surface area (Å²) in [7, 11) is 0. The SMILES string of the molecule is CCCCCc1ccc(C(=O)N(CC(=O)N2CCc3sccc3C2c2ccccc2C)C2CC2)cc1. The average Bonchev–Trinajstić information content (AvgIpc) is 3.63. The van der Waals surface area contributed by atoms with E-state index in [1.165, 1.54) is 46.4 Å². The summed E-state index contributed by atoms with van der Waals surface area (Å²) in [5.41, 5.74) is 5.55. The lowest BCUT2D eigenvalue weighted by Gasteiger charge is -2.38. The molecular formula is C31H36N2O2S. The first kappa shape index (κ1) is 24.8. The molecular weight excluding hydrogens is 464 g/mol. The van der Waals surface area contributed by atoms with Crippen LogP contribution in [0.1, 0.15) is 82.6 Å². The first-order valence-corrected chi connectivity index (χ1v) is 14.3. The zero-order valence-electron chi connectivity index (χ0n) is 21.4. The van der Waals surface area contributed by atoms with E-state index < -0.39 is 0 Å². The summed E-state index contributed by atoms with van der Waals surface area (Å²) in [6, 6.07) is 18.6. The van der Waals surface area contributed by atoms with Crippen molar-refractivity contribution in [2.24, 2.45) is 0 Å². The summed E-state index contributed by atoms with van der Waals surface area (Å²) in [5.74, 6) is 0.0168. The van der Waals surface area contributed by atoms with Crippen LogP contribution in [0.5, 0.6) is 0 Å². The van der Waals surface area contributed by atoms with Crippen molar-refractivity contribution in [3.8, 4) is 0 Å². The van der Waals surface area contributed by atoms with E-state index in [1.807, 2.05) is 28.0 Å². The molecule has 2 aromatic carbocycles. The predicted octanol–water partition coefficient (Wildman–Crippen LogP) is 6.57. The molecule has 1 aliphatic heterocycles. The molecule has 1 aliphatic carbocycles. The molecule has 0 spiro atoms. The Morgan fingerprint density at radius 1 is 1.00 bits per heavy atom. The summed E-state index contributed by atoms with van der Waals surface area (Å²) in [6.07, 6.45) is 7.48. The van der Waals surface area contributed by atoms with Crippen LogP contribution >= 0.6 is 11.3 Å². The summed E-state index contributed by atoms with van der Waals surface area (Å²) >= 11 is 1.78. The van der Waals surface area contributed by atoms with E-state index in [0.717, 1.165) is 25.7 Å². The Hall–Kier alpha value is -2.92. The molecule has 5 rings (SSSR count). The Balaban J connectivity index is 1.35. The van der Waals surface area contributed by atoms with Crippen LogP contribution in [0.25, 0.3) is 0 Å². The second-order valence-electron chi connectivity index (χ2n) is 10.2. The highest BCUT2D eigenvalue weighted by molar-refractivity contribution is 7.10. The lowest BCUT2D eigenvalue weighted by Crippen LogP contribution is -2.47. The molecule has 2 amide bonds. The van der Waals surface area contributed by atoms with E-state index in [1.54, 1.807) is 11.3 Å². The first-order chi connectivity index (χ1) is 17.6. The lowest BCUT2D eigenvalue weighted by atomic mass is 9.90. The number of carbonyl (C=O) groups is 2. The molecule has 0 radical (unpaired) electrons. The van der Waals surface area contributed by atoms with Crippen molar-refractivity contribution in [2.45, 2.75) is 70.9 Å². The van der Waals surface area contributed by atoms with Crippen molar-refractivity contribution in [1.82, 2.24) is 9.80 Å². The fraction of sp³-hybridized carbons (Fsp3) is 0.419. The van der Waals surface area contributed by atoms with Crippen molar-refractivity contribution < 1.29 is 9.59 Å². The molecule has 36 heavy (non-hydrogen) atoms. The molecule has 2 heterocycles. The van der Waals surface area contributed by atoms with Gasteiger partial charge in [-0.3, -0.25) is 9.59 Å². The smallest absolute Gasteiger partial charge is 0.254 e. The fourth-order valence-corrected chi connectivity index (χ4v) is 6.27. The molecule has 1 unspecified atom stereocenters. The molecule has 1 saturated carbocycles. The first-order valence-electron chi connectivity index (χ1n) is 13.4. The van der Waals surface area contributed by atoms with Crippen LogP contribution in [-0.4, -0.2) is 40.7 Å². The van der Waals surface area contributed by atoms with E-state index in [4.69, 9.17) is 0 Å². The highest BCUT2D eigenvalue weighted by Crippen LogP contribution is 2.39. The quantitative estimate of drug-likeness (QED) is 0.312. The van der Waals surface area contributed by atoms with Gasteiger partial charge in [0, 0.05) is 23.0 Å². The van der Waals surface area contributed by atoms with Gasteiger partial charge in [-0.15, -0.1) is 11.3 Å². The topological polar surface area (TPSA) is 40.6 Å². The Morgan fingerprint density at radius 3 is 2.50 bits per heavy atom. The van der Waals surface area contributed by atoms with Gasteiger partial charge in [0.2, 0.25) is 5.91 Å². The van der Waals surface area contributed by atoms with Gasteiger partial charge in [-0.05, 0) is 84.9 Å². The minimum absolute atomic E-state index is 0.0216. The second kappa shape index (κ2) is 11.0. The predicted molar refractivity (Wildman–Crippen MR) is 146 cm³/mol. The van der Waals surface area contributed by atoms with Gasteiger partial charge in [0.15, 0.2) is 0 Å². The van der Waals surface area contributed by atoms with Crippen LogP contribution < -0.4 is 0 Å². The summed E-state index contributed by atoms with van der Waals surface area (Å²) in [6.45, 7) is 5.15. The molecule has 0 bridgehead atoms. The standard InChI is InChI=1S/C31H36N2O2S/c1-3-4-5-9-23-11-13-24(14-12-23)31(35)33(25-15-16-25)21-29(34)32-19-17-28-27(18-20-36-28)30(32)26-10-7-6-8-22(26)2/h6-8,10-14,18,20,25,30H,3-5,9,15-17,19,21H2,1-2H3. The number of fused-ring (bicyclic) bond motifs is 1. The number of hydrogen-bond acceptors (Lipinski definition) is 3. The zero-order valence-corrected chi connectivity index (χ0v) is 22.2. The molecule has 4 nitrogen and oxygen atoms in total. The minimum atomic E-state index is -0.0905. The Labute approximate surface area is 218 Å². The highest BCUT2D eigenvalue weighted by atomic mass is 32.1. The summed E-state index contributed by atoms with van der Waals surface area (Å²) < 4.78 is 0. The molecule has 1 fully saturated rings. The van der Waals surface area contributed by atoms with Gasteiger partial charge in [-0.1, -0.05) is 56.2 Å². The van der Waals surface area contributed by atoms with Crippen LogP contribution in [-0.2, 0) is 17.6 Å². The molecule has 1 atom stereocenters. The second-order valence-corrected chi connectivity index (χ2v) is 11.2. The van der Waals surface area contributed by atoms with Crippen LogP contribution in [0.15, 0.2) is 60.0 Å². The van der Waals surface area contributed by atoms with Gasteiger partial charge in [0.1, 0.15) is 6.54 Å². The van der Waals surface area contributed by atoms with Gasteiger partial charge >= 0.3 is 0 Å². The maximum atomic E-state index is 13.8. The van der Waals surface area contributed by atoms with Gasteiger partial charge in [-0.25, -0.2) is 0 Å². The van der Waals surface area contributed by atoms with Crippen molar-refractivity contribution in [3.63, 3.8) is 0 Å². The summed E-state index contributed by atoms with van der Waals surface area (Å²) in [5, 5.41) is 2.13. The molecule has 5 heteroatoms. The Bertz CT molecular complexity index is 1210. The molecule has 3 aromatic rings. The molecule has 188 valence electrons. The number of thiophene rings is 1. The molecule has 1 aromatic heterocycles. The number of unbranched alkanes of at least 4 members (excludes halogenated alkanes) is 2. The zero-order chi connectivity index (χ0) is 25.1. The van der Waals surface area contributed by atoms with E-state index in [9.17, 15) is 9.59 Å².